The van der Waals surface area contributed by atoms with Crippen molar-refractivity contribution < 1.29 is 24.2 Å². The van der Waals surface area contributed by atoms with Gasteiger partial charge in [0.15, 0.2) is 5.13 Å². The van der Waals surface area contributed by atoms with Gasteiger partial charge in [0.05, 0.1) is 18.9 Å². The number of nitrogens with zero attached hydrogens (tertiary/aromatic N) is 1. The van der Waals surface area contributed by atoms with Gasteiger partial charge in [0.2, 0.25) is 0 Å². The van der Waals surface area contributed by atoms with Crippen LogP contribution >= 0.6 is 11.3 Å². The SMILES string of the molecule is CCOc1ccc(OCC)c(-c2csc(NC(=O)C(=O)O)n2)c1. The Morgan fingerprint density at radius 1 is 1.26 bits per heavy atom. The van der Waals surface area contributed by atoms with Gasteiger partial charge >= 0.3 is 11.9 Å². The summed E-state index contributed by atoms with van der Waals surface area (Å²) in [4.78, 5) is 26.0. The molecule has 1 aromatic heterocycles. The van der Waals surface area contributed by atoms with E-state index in [9.17, 15) is 9.59 Å². The fourth-order valence-corrected chi connectivity index (χ4v) is 2.56. The van der Waals surface area contributed by atoms with Gasteiger partial charge in [-0.25, -0.2) is 9.78 Å². The van der Waals surface area contributed by atoms with Crippen molar-refractivity contribution in [3.63, 3.8) is 0 Å². The van der Waals surface area contributed by atoms with Crippen LogP contribution in [0.1, 0.15) is 13.8 Å². The van der Waals surface area contributed by atoms with Gasteiger partial charge < -0.3 is 14.6 Å². The number of hydrogen-bond donors (Lipinski definition) is 2. The van der Waals surface area contributed by atoms with E-state index in [1.165, 1.54) is 0 Å². The molecule has 0 aliphatic carbocycles. The molecule has 0 bridgehead atoms. The second-order valence-electron chi connectivity index (χ2n) is 4.32. The second-order valence-corrected chi connectivity index (χ2v) is 5.18. The molecule has 122 valence electrons. The lowest BCUT2D eigenvalue weighted by Crippen LogP contribution is -2.21. The molecule has 1 heterocycles. The standard InChI is InChI=1S/C15H16N2O5S/c1-3-21-9-5-6-12(22-4-2)10(7-9)11-8-23-15(16-11)17-13(18)14(19)20/h5-8H,3-4H2,1-2H3,(H,19,20)(H,16,17,18). The fraction of sp³-hybridized carbons (Fsp3) is 0.267. The first-order valence-electron chi connectivity index (χ1n) is 6.95. The maximum atomic E-state index is 11.2. The summed E-state index contributed by atoms with van der Waals surface area (Å²) in [6, 6.07) is 5.39. The molecule has 0 aliphatic heterocycles. The smallest absolute Gasteiger partial charge is 0.394 e. The third-order valence-electron chi connectivity index (χ3n) is 2.76. The highest BCUT2D eigenvalue weighted by molar-refractivity contribution is 7.14. The lowest BCUT2D eigenvalue weighted by molar-refractivity contribution is -0.147. The van der Waals surface area contributed by atoms with Crippen LogP contribution in [-0.2, 0) is 9.59 Å². The minimum Gasteiger partial charge on any atom is -0.494 e. The first-order valence-corrected chi connectivity index (χ1v) is 7.83. The lowest BCUT2D eigenvalue weighted by Gasteiger charge is -2.11. The number of rotatable bonds is 6. The van der Waals surface area contributed by atoms with Gasteiger partial charge in [0.25, 0.3) is 0 Å². The molecule has 0 saturated heterocycles. The van der Waals surface area contributed by atoms with Crippen LogP contribution in [0.25, 0.3) is 11.3 Å². The Morgan fingerprint density at radius 3 is 2.65 bits per heavy atom. The minimum absolute atomic E-state index is 0.205. The van der Waals surface area contributed by atoms with E-state index in [0.29, 0.717) is 36.0 Å². The van der Waals surface area contributed by atoms with E-state index in [1.54, 1.807) is 23.6 Å². The van der Waals surface area contributed by atoms with Gasteiger partial charge in [-0.3, -0.25) is 10.1 Å². The molecule has 0 fully saturated rings. The van der Waals surface area contributed by atoms with E-state index in [1.807, 2.05) is 13.8 Å². The second kappa shape index (κ2) is 7.59. The van der Waals surface area contributed by atoms with Crippen molar-refractivity contribution in [2.24, 2.45) is 0 Å². The van der Waals surface area contributed by atoms with Crippen LogP contribution < -0.4 is 14.8 Å². The van der Waals surface area contributed by atoms with Crippen LogP contribution in [0.2, 0.25) is 0 Å². The molecule has 0 saturated carbocycles. The largest absolute Gasteiger partial charge is 0.494 e. The van der Waals surface area contributed by atoms with E-state index < -0.39 is 11.9 Å². The number of carbonyl (C=O) groups is 2. The van der Waals surface area contributed by atoms with Crippen LogP contribution in [0.5, 0.6) is 11.5 Å². The average molecular weight is 336 g/mol. The van der Waals surface area contributed by atoms with Crippen molar-refractivity contribution in [3.8, 4) is 22.8 Å². The Balaban J connectivity index is 2.32. The number of aliphatic carboxylic acids is 1. The first-order chi connectivity index (χ1) is 11.0. The van der Waals surface area contributed by atoms with Crippen LogP contribution in [0.15, 0.2) is 23.6 Å². The molecule has 0 spiro atoms. The highest BCUT2D eigenvalue weighted by Crippen LogP contribution is 2.35. The Morgan fingerprint density at radius 2 is 2.00 bits per heavy atom. The van der Waals surface area contributed by atoms with Crippen LogP contribution in [0, 0.1) is 0 Å². The van der Waals surface area contributed by atoms with Crippen molar-refractivity contribution in [1.82, 2.24) is 4.98 Å². The first kappa shape index (κ1) is 16.8. The third-order valence-corrected chi connectivity index (χ3v) is 3.51. The molecule has 7 nitrogen and oxygen atoms in total. The minimum atomic E-state index is -1.56. The molecule has 0 aliphatic rings. The van der Waals surface area contributed by atoms with Crippen LogP contribution in [0.4, 0.5) is 5.13 Å². The lowest BCUT2D eigenvalue weighted by atomic mass is 10.1. The summed E-state index contributed by atoms with van der Waals surface area (Å²) in [7, 11) is 0. The van der Waals surface area contributed by atoms with E-state index in [2.05, 4.69) is 10.3 Å². The number of aromatic nitrogens is 1. The molecule has 0 atom stereocenters. The zero-order valence-electron chi connectivity index (χ0n) is 12.7. The molecule has 2 rings (SSSR count). The summed E-state index contributed by atoms with van der Waals surface area (Å²) < 4.78 is 11.1. The fourth-order valence-electron chi connectivity index (χ4n) is 1.85. The molecular weight excluding hydrogens is 320 g/mol. The number of amides is 1. The molecule has 0 radical (unpaired) electrons. The number of benzene rings is 1. The summed E-state index contributed by atoms with van der Waals surface area (Å²) in [6.45, 7) is 4.79. The quantitative estimate of drug-likeness (QED) is 0.787. The molecule has 23 heavy (non-hydrogen) atoms. The number of nitrogens with one attached hydrogen (secondary N) is 1. The van der Waals surface area contributed by atoms with Gasteiger partial charge in [0, 0.05) is 10.9 Å². The number of ether oxygens (including phenoxy) is 2. The highest BCUT2D eigenvalue weighted by Gasteiger charge is 2.16. The number of hydrogen-bond acceptors (Lipinski definition) is 6. The molecule has 1 aromatic carbocycles. The Kier molecular flexibility index (Phi) is 5.53. The number of anilines is 1. The summed E-state index contributed by atoms with van der Waals surface area (Å²) in [6.07, 6.45) is 0. The Labute approximate surface area is 136 Å². The molecule has 0 unspecified atom stereocenters. The predicted octanol–water partition coefficient (Wildman–Crippen LogP) is 2.63. The normalized spacial score (nSPS) is 10.2. The number of carboxylic acids is 1. The van der Waals surface area contributed by atoms with E-state index in [-0.39, 0.29) is 5.13 Å². The van der Waals surface area contributed by atoms with E-state index in [0.717, 1.165) is 11.3 Å². The maximum absolute atomic E-state index is 11.2. The Hall–Kier alpha value is -2.61. The topological polar surface area (TPSA) is 97.8 Å². The third kappa shape index (κ3) is 4.19. The van der Waals surface area contributed by atoms with Crippen LogP contribution in [-0.4, -0.2) is 35.2 Å². The maximum Gasteiger partial charge on any atom is 0.394 e. The number of carbonyl (C=O) groups excluding carboxylic acids is 1. The van der Waals surface area contributed by atoms with E-state index >= 15 is 0 Å². The zero-order valence-corrected chi connectivity index (χ0v) is 13.5. The molecular formula is C15H16N2O5S. The predicted molar refractivity (Wildman–Crippen MR) is 86.2 cm³/mol. The van der Waals surface area contributed by atoms with Crippen LogP contribution in [0.3, 0.4) is 0 Å². The van der Waals surface area contributed by atoms with Gasteiger partial charge in [-0.2, -0.15) is 0 Å². The summed E-state index contributed by atoms with van der Waals surface area (Å²) in [5.41, 5.74) is 1.28. The van der Waals surface area contributed by atoms with Crippen molar-refractivity contribution in [2.75, 3.05) is 18.5 Å². The molecule has 1 amide bonds. The van der Waals surface area contributed by atoms with Gasteiger partial charge in [0.1, 0.15) is 11.5 Å². The summed E-state index contributed by atoms with van der Waals surface area (Å²) >= 11 is 1.13. The van der Waals surface area contributed by atoms with Gasteiger partial charge in [-0.05, 0) is 32.0 Å². The zero-order chi connectivity index (χ0) is 16.8. The van der Waals surface area contributed by atoms with Crippen molar-refractivity contribution >= 4 is 28.3 Å². The summed E-state index contributed by atoms with van der Waals surface area (Å²) in [5, 5.41) is 12.7. The van der Waals surface area contributed by atoms with Crippen molar-refractivity contribution in [1.29, 1.82) is 0 Å². The van der Waals surface area contributed by atoms with Crippen molar-refractivity contribution in [3.05, 3.63) is 23.6 Å². The Bertz CT molecular complexity index is 714. The van der Waals surface area contributed by atoms with Crippen molar-refractivity contribution in [2.45, 2.75) is 13.8 Å². The monoisotopic (exact) mass is 336 g/mol. The number of thiazole rings is 1. The number of carboxylic acid groups (broad SMARTS) is 1. The average Bonchev–Trinajstić information content (AvgIpc) is 2.97. The van der Waals surface area contributed by atoms with Gasteiger partial charge in [-0.1, -0.05) is 0 Å². The molecule has 2 aromatic rings. The molecule has 8 heteroatoms. The summed E-state index contributed by atoms with van der Waals surface area (Å²) in [5.74, 6) is -1.37. The van der Waals surface area contributed by atoms with E-state index in [4.69, 9.17) is 14.6 Å². The van der Waals surface area contributed by atoms with Gasteiger partial charge in [-0.15, -0.1) is 11.3 Å². The molecule has 2 N–H and O–H groups in total. The highest BCUT2D eigenvalue weighted by atomic mass is 32.1.